The summed E-state index contributed by atoms with van der Waals surface area (Å²) in [6.07, 6.45) is 20.4. The molecule has 0 aliphatic carbocycles. The monoisotopic (exact) mass is 455 g/mol. The van der Waals surface area contributed by atoms with Crippen molar-refractivity contribution in [1.82, 2.24) is 4.90 Å². The van der Waals surface area contributed by atoms with Gasteiger partial charge in [-0.2, -0.15) is 0 Å². The molecule has 0 bridgehead atoms. The molecule has 1 aromatic rings. The van der Waals surface area contributed by atoms with E-state index in [1.54, 1.807) is 0 Å². The first kappa shape index (κ1) is 27.4. The van der Waals surface area contributed by atoms with Crippen LogP contribution >= 0.6 is 0 Å². The van der Waals surface area contributed by atoms with E-state index < -0.39 is 0 Å². The molecule has 0 amide bonds. The standard InChI is InChI=1S/C33H45N/c1-8-16-30(18-15-13-11-10-12-14-17-26(3)9-2)25-31-19-21-32(22-20-31)27(4)23-33-24-28(5)34(7)29(33)6/h8-9,16,19-22,25,33H,2-6,10-15,17-18,23-24H2,1,7H3/b16-8-,30-25+. The second kappa shape index (κ2) is 14.5. The van der Waals surface area contributed by atoms with E-state index in [1.807, 2.05) is 6.08 Å². The number of allylic oxidation sites excluding steroid dienone is 8. The summed E-state index contributed by atoms with van der Waals surface area (Å²) in [4.78, 5) is 2.12. The Kier molecular flexibility index (Phi) is 11.7. The molecule has 1 heteroatoms. The molecule has 1 aromatic carbocycles. The summed E-state index contributed by atoms with van der Waals surface area (Å²) in [6, 6.07) is 8.85. The molecular formula is C33H45N. The van der Waals surface area contributed by atoms with Crippen molar-refractivity contribution in [2.45, 2.75) is 71.1 Å². The Morgan fingerprint density at radius 3 is 2.15 bits per heavy atom. The third-order valence-corrected chi connectivity index (χ3v) is 6.90. The van der Waals surface area contributed by atoms with Crippen molar-refractivity contribution in [2.75, 3.05) is 7.05 Å². The lowest BCUT2D eigenvalue weighted by Crippen LogP contribution is -2.09. The fourth-order valence-electron chi connectivity index (χ4n) is 4.56. The van der Waals surface area contributed by atoms with Crippen LogP contribution in [0.4, 0.5) is 0 Å². The molecule has 182 valence electrons. The van der Waals surface area contributed by atoms with Crippen LogP contribution in [0, 0.1) is 5.92 Å². The highest BCUT2D eigenvalue weighted by atomic mass is 15.1. The van der Waals surface area contributed by atoms with E-state index in [1.165, 1.54) is 60.8 Å². The van der Waals surface area contributed by atoms with E-state index >= 15 is 0 Å². The van der Waals surface area contributed by atoms with Gasteiger partial charge in [0.05, 0.1) is 0 Å². The van der Waals surface area contributed by atoms with Crippen LogP contribution in [0.25, 0.3) is 11.6 Å². The van der Waals surface area contributed by atoms with Gasteiger partial charge in [-0.1, -0.05) is 113 Å². The van der Waals surface area contributed by atoms with Gasteiger partial charge in [0.25, 0.3) is 0 Å². The quantitative estimate of drug-likeness (QED) is 0.188. The Hall–Kier alpha value is -2.80. The Balaban J connectivity index is 1.81. The lowest BCUT2D eigenvalue weighted by atomic mass is 9.92. The third-order valence-electron chi connectivity index (χ3n) is 6.90. The highest BCUT2D eigenvalue weighted by molar-refractivity contribution is 5.66. The normalized spacial score (nSPS) is 16.5. The third kappa shape index (κ3) is 8.86. The Labute approximate surface area is 209 Å². The molecule has 34 heavy (non-hydrogen) atoms. The van der Waals surface area contributed by atoms with E-state index in [-0.39, 0.29) is 0 Å². The zero-order valence-electron chi connectivity index (χ0n) is 21.7. The minimum absolute atomic E-state index is 0.414. The molecule has 0 N–H and O–H groups in total. The van der Waals surface area contributed by atoms with Crippen LogP contribution in [0.5, 0.6) is 0 Å². The molecule has 1 fully saturated rings. The first-order valence-electron chi connectivity index (χ1n) is 12.9. The fourth-order valence-corrected chi connectivity index (χ4v) is 4.56. The largest absolute Gasteiger partial charge is 0.352 e. The lowest BCUT2D eigenvalue weighted by Gasteiger charge is -2.17. The predicted octanol–water partition coefficient (Wildman–Crippen LogP) is 9.89. The summed E-state index contributed by atoms with van der Waals surface area (Å²) < 4.78 is 0. The molecule has 1 atom stereocenters. The van der Waals surface area contributed by atoms with E-state index in [0.29, 0.717) is 5.92 Å². The van der Waals surface area contributed by atoms with Gasteiger partial charge in [0.15, 0.2) is 0 Å². The summed E-state index contributed by atoms with van der Waals surface area (Å²) in [5.74, 6) is 0.414. The first-order chi connectivity index (χ1) is 16.3. The predicted molar refractivity (Wildman–Crippen MR) is 153 cm³/mol. The van der Waals surface area contributed by atoms with Crippen molar-refractivity contribution in [3.63, 3.8) is 0 Å². The summed E-state index contributed by atoms with van der Waals surface area (Å²) in [5, 5.41) is 0. The van der Waals surface area contributed by atoms with E-state index in [2.05, 4.69) is 94.3 Å². The molecule has 1 nitrogen and oxygen atoms in total. The summed E-state index contributed by atoms with van der Waals surface area (Å²) >= 11 is 0. The molecule has 1 heterocycles. The van der Waals surface area contributed by atoms with Crippen molar-refractivity contribution < 1.29 is 0 Å². The number of rotatable bonds is 15. The SMILES string of the molecule is C=CC(=C)CCCCCCCCC(/C=C\C)=C/c1ccc(C(=C)CC2CC(=C)N(C)C2=C)cc1. The molecule has 0 radical (unpaired) electrons. The van der Waals surface area contributed by atoms with Crippen LogP contribution in [0.15, 0.2) is 97.9 Å². The van der Waals surface area contributed by atoms with Gasteiger partial charge >= 0.3 is 0 Å². The number of unbranched alkanes of at least 4 members (excludes halogenated alkanes) is 5. The molecule has 2 rings (SSSR count). The maximum absolute atomic E-state index is 4.36. The topological polar surface area (TPSA) is 3.24 Å². The molecular weight excluding hydrogens is 410 g/mol. The maximum atomic E-state index is 4.36. The summed E-state index contributed by atoms with van der Waals surface area (Å²) in [7, 11) is 2.06. The van der Waals surface area contributed by atoms with Gasteiger partial charge < -0.3 is 4.90 Å². The van der Waals surface area contributed by atoms with Gasteiger partial charge in [-0.05, 0) is 67.7 Å². The van der Waals surface area contributed by atoms with Crippen molar-refractivity contribution in [3.8, 4) is 0 Å². The van der Waals surface area contributed by atoms with Gasteiger partial charge in [-0.25, -0.2) is 0 Å². The second-order valence-corrected chi connectivity index (χ2v) is 9.65. The Morgan fingerprint density at radius 2 is 1.59 bits per heavy atom. The minimum atomic E-state index is 0.414. The van der Waals surface area contributed by atoms with Gasteiger partial charge in [0.2, 0.25) is 0 Å². The molecule has 0 spiro atoms. The first-order valence-corrected chi connectivity index (χ1v) is 12.9. The van der Waals surface area contributed by atoms with E-state index in [0.717, 1.165) is 42.7 Å². The molecule has 1 saturated heterocycles. The number of nitrogens with zero attached hydrogens (tertiary/aromatic N) is 1. The summed E-state index contributed by atoms with van der Waals surface area (Å²) in [5.41, 5.74) is 8.51. The highest BCUT2D eigenvalue weighted by Crippen LogP contribution is 2.38. The number of hydrogen-bond acceptors (Lipinski definition) is 1. The van der Waals surface area contributed by atoms with Gasteiger partial charge in [-0.3, -0.25) is 0 Å². The summed E-state index contributed by atoms with van der Waals surface area (Å²) in [6.45, 7) is 22.6. The Morgan fingerprint density at radius 1 is 0.971 bits per heavy atom. The second-order valence-electron chi connectivity index (χ2n) is 9.65. The lowest BCUT2D eigenvalue weighted by molar-refractivity contribution is 0.539. The zero-order chi connectivity index (χ0) is 24.9. The van der Waals surface area contributed by atoms with Crippen LogP contribution in [-0.2, 0) is 0 Å². The van der Waals surface area contributed by atoms with Crippen molar-refractivity contribution in [2.24, 2.45) is 5.92 Å². The van der Waals surface area contributed by atoms with Crippen LogP contribution < -0.4 is 0 Å². The molecule has 0 aromatic heterocycles. The number of hydrogen-bond donors (Lipinski definition) is 0. The number of benzene rings is 1. The average Bonchev–Trinajstić information content (AvgIpc) is 3.07. The number of likely N-dealkylation sites (tertiary alicyclic amines) is 1. The van der Waals surface area contributed by atoms with Crippen LogP contribution in [0.3, 0.4) is 0 Å². The highest BCUT2D eigenvalue weighted by Gasteiger charge is 2.27. The zero-order valence-corrected chi connectivity index (χ0v) is 21.7. The van der Waals surface area contributed by atoms with Crippen LogP contribution in [0.2, 0.25) is 0 Å². The molecule has 1 aliphatic heterocycles. The van der Waals surface area contributed by atoms with Gasteiger partial charge in [0, 0.05) is 24.4 Å². The van der Waals surface area contributed by atoms with Crippen LogP contribution in [-0.4, -0.2) is 11.9 Å². The molecule has 0 saturated carbocycles. The minimum Gasteiger partial charge on any atom is -0.352 e. The van der Waals surface area contributed by atoms with Crippen molar-refractivity contribution >= 4 is 11.6 Å². The van der Waals surface area contributed by atoms with Crippen molar-refractivity contribution in [1.29, 1.82) is 0 Å². The van der Waals surface area contributed by atoms with Crippen LogP contribution in [0.1, 0.15) is 82.3 Å². The molecule has 1 unspecified atom stereocenters. The fraction of sp³-hybridized carbons (Fsp3) is 0.394. The average molecular weight is 456 g/mol. The molecule has 1 aliphatic rings. The smallest absolute Gasteiger partial charge is 0.0140 e. The van der Waals surface area contributed by atoms with Gasteiger partial charge in [0.1, 0.15) is 0 Å². The van der Waals surface area contributed by atoms with E-state index in [9.17, 15) is 0 Å². The Bertz CT molecular complexity index is 922. The van der Waals surface area contributed by atoms with E-state index in [4.69, 9.17) is 0 Å². The maximum Gasteiger partial charge on any atom is 0.0140 e. The van der Waals surface area contributed by atoms with Crippen molar-refractivity contribution in [3.05, 3.63) is 109 Å². The van der Waals surface area contributed by atoms with Gasteiger partial charge in [-0.15, -0.1) is 0 Å².